The highest BCUT2D eigenvalue weighted by Crippen LogP contribution is 2.19. The van der Waals surface area contributed by atoms with Crippen LogP contribution >= 0.6 is 11.8 Å². The van der Waals surface area contributed by atoms with Crippen LogP contribution in [0.2, 0.25) is 0 Å². The second-order valence-electron chi connectivity index (χ2n) is 2.92. The number of carbonyl (C=O) groups excluding carboxylic acids is 1. The first-order valence-corrected chi connectivity index (χ1v) is 5.60. The summed E-state index contributed by atoms with van der Waals surface area (Å²) in [5.74, 6) is 2.86. The van der Waals surface area contributed by atoms with Gasteiger partial charge >= 0.3 is 0 Å². The van der Waals surface area contributed by atoms with Gasteiger partial charge in [0.05, 0.1) is 18.1 Å². The molecule has 0 unspecified atom stereocenters. The predicted octanol–water partition coefficient (Wildman–Crippen LogP) is 1.48. The minimum absolute atomic E-state index is 0.609. The topological polar surface area (TPSA) is 29.5 Å². The van der Waals surface area contributed by atoms with Gasteiger partial charge in [0.15, 0.2) is 0 Å². The Hall–Kier alpha value is -0.280. The van der Waals surface area contributed by atoms with Crippen LogP contribution in [0.1, 0.15) is 19.8 Å². The third-order valence-electron chi connectivity index (χ3n) is 1.82. The van der Waals surface area contributed by atoms with Crippen molar-refractivity contribution in [2.75, 3.05) is 25.4 Å². The fourth-order valence-corrected chi connectivity index (χ4v) is 1.90. The van der Waals surface area contributed by atoms with Crippen molar-refractivity contribution < 1.29 is 9.63 Å². The molecule has 1 aliphatic rings. The van der Waals surface area contributed by atoms with Gasteiger partial charge in [0.2, 0.25) is 0 Å². The van der Waals surface area contributed by atoms with E-state index in [0.717, 1.165) is 36.7 Å². The van der Waals surface area contributed by atoms with Crippen molar-refractivity contribution in [1.29, 1.82) is 0 Å². The van der Waals surface area contributed by atoms with Crippen LogP contribution < -0.4 is 0 Å². The summed E-state index contributed by atoms with van der Waals surface area (Å²) in [5, 5.41) is 1.85. The lowest BCUT2D eigenvalue weighted by atomic mass is 10.4. The van der Waals surface area contributed by atoms with E-state index in [2.05, 4.69) is 6.92 Å². The van der Waals surface area contributed by atoms with Crippen molar-refractivity contribution in [2.24, 2.45) is 0 Å². The van der Waals surface area contributed by atoms with E-state index in [1.54, 1.807) is 11.8 Å². The Kier molecular flexibility index (Phi) is 5.16. The average Bonchev–Trinajstić information content (AvgIpc) is 2.19. The third-order valence-corrected chi connectivity index (χ3v) is 2.77. The molecule has 0 saturated carbocycles. The van der Waals surface area contributed by atoms with Crippen molar-refractivity contribution in [3.63, 3.8) is 0 Å². The molecule has 1 heterocycles. The molecule has 0 aliphatic carbocycles. The first-order valence-electron chi connectivity index (χ1n) is 4.61. The maximum absolute atomic E-state index is 10.4. The van der Waals surface area contributed by atoms with Crippen LogP contribution in [0, 0.1) is 0 Å². The lowest BCUT2D eigenvalue weighted by molar-refractivity contribution is -0.149. The van der Waals surface area contributed by atoms with Crippen LogP contribution in [-0.4, -0.2) is 36.5 Å². The van der Waals surface area contributed by atoms with E-state index in [9.17, 15) is 4.79 Å². The van der Waals surface area contributed by atoms with E-state index in [1.807, 2.05) is 11.0 Å². The van der Waals surface area contributed by atoms with E-state index >= 15 is 0 Å². The molecule has 3 nitrogen and oxygen atoms in total. The SMILES string of the molecule is CCCCON1CCSC(=C=O)C1. The molecule has 0 N–H and O–H groups in total. The van der Waals surface area contributed by atoms with Crippen LogP contribution in [0.3, 0.4) is 0 Å². The highest BCUT2D eigenvalue weighted by Gasteiger charge is 2.15. The van der Waals surface area contributed by atoms with Gasteiger partial charge in [-0.2, -0.15) is 5.06 Å². The normalized spacial score (nSPS) is 18.7. The molecule has 1 aliphatic heterocycles. The minimum Gasteiger partial charge on any atom is -0.299 e. The Morgan fingerprint density at radius 2 is 2.54 bits per heavy atom. The van der Waals surface area contributed by atoms with Gasteiger partial charge in [0.1, 0.15) is 5.94 Å². The van der Waals surface area contributed by atoms with Gasteiger partial charge in [-0.15, -0.1) is 11.8 Å². The standard InChI is InChI=1S/C9H15NO2S/c1-2-3-5-12-10-4-6-13-9(7-10)8-11/h2-7H2,1H3. The van der Waals surface area contributed by atoms with Crippen molar-refractivity contribution >= 4 is 17.7 Å². The van der Waals surface area contributed by atoms with Gasteiger partial charge in [-0.3, -0.25) is 4.84 Å². The highest BCUT2D eigenvalue weighted by molar-refractivity contribution is 8.03. The highest BCUT2D eigenvalue weighted by atomic mass is 32.2. The lowest BCUT2D eigenvalue weighted by Crippen LogP contribution is -2.32. The van der Waals surface area contributed by atoms with E-state index < -0.39 is 0 Å². The van der Waals surface area contributed by atoms with Crippen molar-refractivity contribution in [1.82, 2.24) is 5.06 Å². The molecule has 0 amide bonds. The number of nitrogens with zero attached hydrogens (tertiary/aromatic N) is 1. The smallest absolute Gasteiger partial charge is 0.136 e. The summed E-state index contributed by atoms with van der Waals surface area (Å²) < 4.78 is 0. The summed E-state index contributed by atoms with van der Waals surface area (Å²) >= 11 is 1.58. The third kappa shape index (κ3) is 3.96. The number of hydrogen-bond acceptors (Lipinski definition) is 4. The van der Waals surface area contributed by atoms with Crippen molar-refractivity contribution in [3.8, 4) is 0 Å². The first kappa shape index (κ1) is 10.8. The van der Waals surface area contributed by atoms with Gasteiger partial charge < -0.3 is 0 Å². The molecule has 1 fully saturated rings. The summed E-state index contributed by atoms with van der Waals surface area (Å²) in [5.41, 5.74) is 0. The number of hydrogen-bond donors (Lipinski definition) is 0. The van der Waals surface area contributed by atoms with Gasteiger partial charge in [-0.25, -0.2) is 4.79 Å². The zero-order valence-corrected chi connectivity index (χ0v) is 8.73. The predicted molar refractivity (Wildman–Crippen MR) is 54.1 cm³/mol. The summed E-state index contributed by atoms with van der Waals surface area (Å²) in [6, 6.07) is 0. The largest absolute Gasteiger partial charge is 0.299 e. The molecule has 0 spiro atoms. The minimum atomic E-state index is 0.609. The van der Waals surface area contributed by atoms with Crippen LogP contribution in [0.4, 0.5) is 0 Å². The van der Waals surface area contributed by atoms with E-state index in [0.29, 0.717) is 6.54 Å². The van der Waals surface area contributed by atoms with Crippen LogP contribution in [0.5, 0.6) is 0 Å². The van der Waals surface area contributed by atoms with Crippen LogP contribution in [-0.2, 0) is 9.63 Å². The summed E-state index contributed by atoms with van der Waals surface area (Å²) in [6.07, 6.45) is 2.21. The molecule has 0 aromatic rings. The van der Waals surface area contributed by atoms with Gasteiger partial charge in [0, 0.05) is 12.3 Å². The Balaban J connectivity index is 2.22. The molecular weight excluding hydrogens is 186 g/mol. The molecule has 0 aromatic heterocycles. The molecule has 0 radical (unpaired) electrons. The lowest BCUT2D eigenvalue weighted by Gasteiger charge is -2.25. The monoisotopic (exact) mass is 201 g/mol. The molecule has 1 rings (SSSR count). The number of thioether (sulfide) groups is 1. The molecule has 74 valence electrons. The van der Waals surface area contributed by atoms with Crippen LogP contribution in [0.25, 0.3) is 0 Å². The maximum Gasteiger partial charge on any atom is 0.136 e. The Morgan fingerprint density at radius 3 is 3.23 bits per heavy atom. The van der Waals surface area contributed by atoms with E-state index in [1.165, 1.54) is 0 Å². The van der Waals surface area contributed by atoms with E-state index in [4.69, 9.17) is 4.84 Å². The summed E-state index contributed by atoms with van der Waals surface area (Å²) in [6.45, 7) is 4.40. The molecule has 4 heteroatoms. The first-order chi connectivity index (χ1) is 6.36. The van der Waals surface area contributed by atoms with Crippen molar-refractivity contribution in [2.45, 2.75) is 19.8 Å². The number of rotatable bonds is 4. The zero-order valence-electron chi connectivity index (χ0n) is 7.91. The second-order valence-corrected chi connectivity index (χ2v) is 4.11. The Morgan fingerprint density at radius 1 is 1.69 bits per heavy atom. The fraction of sp³-hybridized carbons (Fsp3) is 0.778. The Bertz CT molecular complexity index is 202. The molecule has 0 aromatic carbocycles. The Labute approximate surface area is 83.1 Å². The molecule has 0 atom stereocenters. The zero-order chi connectivity index (χ0) is 9.52. The van der Waals surface area contributed by atoms with Gasteiger partial charge in [-0.05, 0) is 6.42 Å². The fourth-order valence-electron chi connectivity index (χ4n) is 1.07. The number of hydroxylamine groups is 2. The molecule has 0 bridgehead atoms. The van der Waals surface area contributed by atoms with Crippen molar-refractivity contribution in [3.05, 3.63) is 4.91 Å². The van der Waals surface area contributed by atoms with Gasteiger partial charge in [-0.1, -0.05) is 13.3 Å². The maximum atomic E-state index is 10.4. The second kappa shape index (κ2) is 6.22. The summed E-state index contributed by atoms with van der Waals surface area (Å²) in [7, 11) is 0. The van der Waals surface area contributed by atoms with Crippen LogP contribution in [0.15, 0.2) is 4.91 Å². The molecule has 1 saturated heterocycles. The quantitative estimate of drug-likeness (QED) is 0.509. The van der Waals surface area contributed by atoms with Gasteiger partial charge in [0.25, 0.3) is 0 Å². The van der Waals surface area contributed by atoms with E-state index in [-0.39, 0.29) is 0 Å². The number of unbranched alkanes of at least 4 members (excludes halogenated alkanes) is 1. The summed E-state index contributed by atoms with van der Waals surface area (Å²) in [4.78, 5) is 16.6. The molecular formula is C9H15NO2S. The average molecular weight is 201 g/mol. The molecule has 13 heavy (non-hydrogen) atoms.